The Labute approximate surface area is 118 Å². The summed E-state index contributed by atoms with van der Waals surface area (Å²) in [5, 5.41) is 8.62. The summed E-state index contributed by atoms with van der Waals surface area (Å²) in [5.74, 6) is -0.246. The maximum absolute atomic E-state index is 11.6. The van der Waals surface area contributed by atoms with E-state index in [0.717, 1.165) is 25.7 Å². The number of unbranched alkanes of at least 4 members (excludes halogenated alkanes) is 7. The molecule has 114 valence electrons. The summed E-state index contributed by atoms with van der Waals surface area (Å²) in [5.41, 5.74) is 0. The van der Waals surface area contributed by atoms with Gasteiger partial charge in [0.1, 0.15) is 0 Å². The van der Waals surface area contributed by atoms with E-state index in [1.165, 1.54) is 44.9 Å². The lowest BCUT2D eigenvalue weighted by molar-refractivity contribution is -0.157. The Bertz CT molecular complexity index is 204. The highest BCUT2D eigenvalue weighted by molar-refractivity contribution is 5.72. The highest BCUT2D eigenvalue weighted by Gasteiger charge is 2.18. The first kappa shape index (κ1) is 18.4. The first-order chi connectivity index (χ1) is 9.26. The summed E-state index contributed by atoms with van der Waals surface area (Å²) < 4.78 is 4.70. The number of ether oxygens (including phenoxy) is 1. The summed E-state index contributed by atoms with van der Waals surface area (Å²) in [6.07, 6.45) is 13.0. The molecule has 1 unspecified atom stereocenters. The van der Waals surface area contributed by atoms with Crippen molar-refractivity contribution in [1.82, 2.24) is 0 Å². The molecule has 0 fully saturated rings. The number of hydrogen-bond donors (Lipinski definition) is 1. The van der Waals surface area contributed by atoms with Crippen LogP contribution in [-0.2, 0) is 9.53 Å². The largest absolute Gasteiger partial charge is 0.438 e. The number of esters is 1. The van der Waals surface area contributed by atoms with Gasteiger partial charge < -0.3 is 9.84 Å². The van der Waals surface area contributed by atoms with Crippen molar-refractivity contribution < 1.29 is 14.6 Å². The van der Waals surface area contributed by atoms with Crippen LogP contribution in [0.3, 0.4) is 0 Å². The molecular weight excluding hydrogens is 240 g/mol. The van der Waals surface area contributed by atoms with Crippen LogP contribution in [0, 0.1) is 5.92 Å². The Kier molecular flexibility index (Phi) is 13.4. The molecule has 0 saturated carbocycles. The van der Waals surface area contributed by atoms with Crippen molar-refractivity contribution in [2.24, 2.45) is 5.92 Å². The van der Waals surface area contributed by atoms with Crippen molar-refractivity contribution >= 4 is 5.97 Å². The number of carbonyl (C=O) groups excluding carboxylic acids is 1. The van der Waals surface area contributed by atoms with Crippen molar-refractivity contribution in [2.45, 2.75) is 84.5 Å². The lowest BCUT2D eigenvalue weighted by Crippen LogP contribution is -2.18. The van der Waals surface area contributed by atoms with Crippen LogP contribution in [0.4, 0.5) is 0 Å². The molecule has 0 spiro atoms. The summed E-state index contributed by atoms with van der Waals surface area (Å²) in [4.78, 5) is 11.6. The molecule has 0 aliphatic heterocycles. The van der Waals surface area contributed by atoms with Crippen LogP contribution in [0.5, 0.6) is 0 Å². The molecule has 3 nitrogen and oxygen atoms in total. The molecule has 0 bridgehead atoms. The summed E-state index contributed by atoms with van der Waals surface area (Å²) in [6.45, 7) is 3.82. The zero-order valence-corrected chi connectivity index (χ0v) is 12.8. The van der Waals surface area contributed by atoms with E-state index in [2.05, 4.69) is 13.8 Å². The van der Waals surface area contributed by atoms with Gasteiger partial charge in [-0.25, -0.2) is 0 Å². The van der Waals surface area contributed by atoms with E-state index in [4.69, 9.17) is 9.84 Å². The average Bonchev–Trinajstić information content (AvgIpc) is 2.40. The van der Waals surface area contributed by atoms with Crippen molar-refractivity contribution in [1.29, 1.82) is 0 Å². The van der Waals surface area contributed by atoms with Gasteiger partial charge in [-0.1, -0.05) is 71.6 Å². The van der Waals surface area contributed by atoms with E-state index >= 15 is 0 Å². The van der Waals surface area contributed by atoms with Crippen LogP contribution >= 0.6 is 0 Å². The normalized spacial score (nSPS) is 12.4. The van der Waals surface area contributed by atoms with Gasteiger partial charge in [-0.2, -0.15) is 0 Å². The molecule has 19 heavy (non-hydrogen) atoms. The molecule has 0 aromatic heterocycles. The molecule has 0 rings (SSSR count). The molecule has 0 heterocycles. The van der Waals surface area contributed by atoms with Crippen molar-refractivity contribution in [3.05, 3.63) is 0 Å². The predicted molar refractivity (Wildman–Crippen MR) is 78.8 cm³/mol. The van der Waals surface area contributed by atoms with E-state index < -0.39 is 6.79 Å². The molecule has 0 aliphatic rings. The Morgan fingerprint density at radius 2 is 1.47 bits per heavy atom. The Hall–Kier alpha value is -0.570. The van der Waals surface area contributed by atoms with Crippen LogP contribution in [0.1, 0.15) is 84.5 Å². The zero-order chi connectivity index (χ0) is 14.3. The van der Waals surface area contributed by atoms with Gasteiger partial charge in [0.25, 0.3) is 0 Å². The summed E-state index contributed by atoms with van der Waals surface area (Å²) in [7, 11) is 0. The Balaban J connectivity index is 3.55. The highest BCUT2D eigenvalue weighted by atomic mass is 16.6. The first-order valence-electron chi connectivity index (χ1n) is 8.03. The number of aliphatic hydroxyl groups is 1. The minimum Gasteiger partial charge on any atom is -0.438 e. The number of carbonyl (C=O) groups is 1. The first-order valence-corrected chi connectivity index (χ1v) is 8.03. The fourth-order valence-electron chi connectivity index (χ4n) is 2.43. The molecule has 0 aromatic rings. The van der Waals surface area contributed by atoms with Crippen molar-refractivity contribution in [3.8, 4) is 0 Å². The van der Waals surface area contributed by atoms with Gasteiger partial charge in [0.15, 0.2) is 6.79 Å². The maximum atomic E-state index is 11.6. The molecule has 0 aliphatic carbocycles. The van der Waals surface area contributed by atoms with E-state index in [9.17, 15) is 4.79 Å². The van der Waals surface area contributed by atoms with Gasteiger partial charge in [0.05, 0.1) is 5.92 Å². The quantitative estimate of drug-likeness (QED) is 0.306. The van der Waals surface area contributed by atoms with Gasteiger partial charge in [-0.3, -0.25) is 4.79 Å². The third kappa shape index (κ3) is 11.0. The topological polar surface area (TPSA) is 46.5 Å². The van der Waals surface area contributed by atoms with Crippen LogP contribution < -0.4 is 0 Å². The van der Waals surface area contributed by atoms with Gasteiger partial charge >= 0.3 is 5.97 Å². The zero-order valence-electron chi connectivity index (χ0n) is 12.8. The van der Waals surface area contributed by atoms with Gasteiger partial charge in [0.2, 0.25) is 0 Å². The second-order valence-electron chi connectivity index (χ2n) is 5.34. The van der Waals surface area contributed by atoms with E-state index in [-0.39, 0.29) is 11.9 Å². The highest BCUT2D eigenvalue weighted by Crippen LogP contribution is 2.18. The molecule has 1 atom stereocenters. The molecule has 0 amide bonds. The van der Waals surface area contributed by atoms with E-state index in [1.54, 1.807) is 0 Å². The molecular formula is C16H32O3. The Morgan fingerprint density at radius 1 is 0.895 bits per heavy atom. The third-order valence-electron chi connectivity index (χ3n) is 3.58. The smallest absolute Gasteiger partial charge is 0.311 e. The van der Waals surface area contributed by atoms with Crippen LogP contribution in [0.25, 0.3) is 0 Å². The number of rotatable bonds is 13. The maximum Gasteiger partial charge on any atom is 0.311 e. The second-order valence-corrected chi connectivity index (χ2v) is 5.34. The lowest BCUT2D eigenvalue weighted by Gasteiger charge is -2.14. The van der Waals surface area contributed by atoms with Gasteiger partial charge in [-0.15, -0.1) is 0 Å². The number of hydrogen-bond acceptors (Lipinski definition) is 3. The van der Waals surface area contributed by atoms with Crippen molar-refractivity contribution in [2.75, 3.05) is 6.79 Å². The van der Waals surface area contributed by atoms with Crippen LogP contribution in [-0.4, -0.2) is 17.9 Å². The number of aliphatic hydroxyl groups excluding tert-OH is 1. The van der Waals surface area contributed by atoms with Crippen LogP contribution in [0.2, 0.25) is 0 Å². The second kappa shape index (κ2) is 13.9. The molecule has 0 aromatic carbocycles. The van der Waals surface area contributed by atoms with Gasteiger partial charge in [0, 0.05) is 0 Å². The molecule has 0 radical (unpaired) electrons. The summed E-state index contributed by atoms with van der Waals surface area (Å²) >= 11 is 0. The monoisotopic (exact) mass is 272 g/mol. The van der Waals surface area contributed by atoms with Gasteiger partial charge in [-0.05, 0) is 12.8 Å². The van der Waals surface area contributed by atoms with E-state index in [0.29, 0.717) is 0 Å². The Morgan fingerprint density at radius 3 is 2.00 bits per heavy atom. The lowest BCUT2D eigenvalue weighted by atomic mass is 9.96. The van der Waals surface area contributed by atoms with E-state index in [1.807, 2.05) is 0 Å². The molecule has 1 N–H and O–H groups in total. The third-order valence-corrected chi connectivity index (χ3v) is 3.58. The predicted octanol–water partition coefficient (Wildman–Crippen LogP) is 4.43. The standard InChI is InChI=1S/C16H32O3/c1-3-5-6-7-8-9-10-11-13-15(12-4-2)16(18)19-14-17/h15,17H,3-14H2,1-2H3. The summed E-state index contributed by atoms with van der Waals surface area (Å²) in [6, 6.07) is 0. The molecule has 0 saturated heterocycles. The van der Waals surface area contributed by atoms with Crippen molar-refractivity contribution in [3.63, 3.8) is 0 Å². The average molecular weight is 272 g/mol. The minimum atomic E-state index is -0.490. The fourth-order valence-corrected chi connectivity index (χ4v) is 2.43. The fraction of sp³-hybridized carbons (Fsp3) is 0.938. The molecule has 3 heteroatoms. The van der Waals surface area contributed by atoms with Crippen LogP contribution in [0.15, 0.2) is 0 Å². The SMILES string of the molecule is CCCCCCCCCCC(CCC)C(=O)OCO. The minimum absolute atomic E-state index is 0.0164.